The highest BCUT2D eigenvalue weighted by Gasteiger charge is 2.28. The smallest absolute Gasteiger partial charge is 0.251 e. The van der Waals surface area contributed by atoms with Crippen molar-refractivity contribution in [1.29, 1.82) is 0 Å². The van der Waals surface area contributed by atoms with Crippen LogP contribution in [0.3, 0.4) is 0 Å². The average Bonchev–Trinajstić information content (AvgIpc) is 2.77. The molecule has 1 aromatic rings. The van der Waals surface area contributed by atoms with Crippen LogP contribution in [0.2, 0.25) is 0 Å². The maximum Gasteiger partial charge on any atom is 0.251 e. The van der Waals surface area contributed by atoms with Crippen molar-refractivity contribution in [2.24, 2.45) is 17.8 Å². The standard InChI is InChI=1S/C26H41NO4/c1-19(2)13-15-30-17-18-31-16-14-27-26(29)24-11-7-22(8-12-24)21-5-9-23(10-6-21)25(28)20(3)4/h7-8,11-12,19-21,23H,5-6,9-10,13-18H2,1-4H3,(H,27,29). The molecule has 5 nitrogen and oxygen atoms in total. The zero-order valence-corrected chi connectivity index (χ0v) is 19.8. The van der Waals surface area contributed by atoms with E-state index in [-0.39, 0.29) is 17.7 Å². The summed E-state index contributed by atoms with van der Waals surface area (Å²) in [6.45, 7) is 11.2. The molecule has 0 saturated heterocycles. The number of hydrogen-bond acceptors (Lipinski definition) is 4. The van der Waals surface area contributed by atoms with Gasteiger partial charge in [-0.05, 0) is 61.6 Å². The van der Waals surface area contributed by atoms with E-state index in [1.54, 1.807) is 0 Å². The Hall–Kier alpha value is -1.72. The van der Waals surface area contributed by atoms with E-state index in [1.807, 2.05) is 26.0 Å². The highest BCUT2D eigenvalue weighted by Crippen LogP contribution is 2.37. The molecule has 1 N–H and O–H groups in total. The van der Waals surface area contributed by atoms with Crippen LogP contribution < -0.4 is 5.32 Å². The van der Waals surface area contributed by atoms with Gasteiger partial charge in [0.25, 0.3) is 5.91 Å². The average molecular weight is 432 g/mol. The molecule has 0 aromatic heterocycles. The minimum absolute atomic E-state index is 0.0745. The van der Waals surface area contributed by atoms with Crippen molar-refractivity contribution in [3.05, 3.63) is 35.4 Å². The third-order valence-corrected chi connectivity index (χ3v) is 6.09. The summed E-state index contributed by atoms with van der Waals surface area (Å²) in [5, 5.41) is 2.90. The molecule has 1 amide bonds. The highest BCUT2D eigenvalue weighted by molar-refractivity contribution is 5.94. The Bertz CT molecular complexity index is 660. The van der Waals surface area contributed by atoms with Crippen LogP contribution in [-0.4, -0.2) is 44.7 Å². The number of amides is 1. The molecule has 1 saturated carbocycles. The van der Waals surface area contributed by atoms with Crippen molar-refractivity contribution >= 4 is 11.7 Å². The number of ketones is 1. The van der Waals surface area contributed by atoms with E-state index in [1.165, 1.54) is 5.56 Å². The Morgan fingerprint density at radius 1 is 0.903 bits per heavy atom. The maximum atomic E-state index is 12.3. The van der Waals surface area contributed by atoms with Crippen molar-refractivity contribution in [3.63, 3.8) is 0 Å². The maximum absolute atomic E-state index is 12.3. The van der Waals surface area contributed by atoms with Gasteiger partial charge < -0.3 is 14.8 Å². The van der Waals surface area contributed by atoms with Gasteiger partial charge in [0, 0.05) is 30.6 Å². The van der Waals surface area contributed by atoms with E-state index in [0.29, 0.717) is 49.5 Å². The topological polar surface area (TPSA) is 64.6 Å². The van der Waals surface area contributed by atoms with Crippen LogP contribution in [0.15, 0.2) is 24.3 Å². The zero-order valence-electron chi connectivity index (χ0n) is 19.8. The molecule has 0 radical (unpaired) electrons. The predicted octanol–water partition coefficient (Wildman–Crippen LogP) is 4.99. The molecule has 0 heterocycles. The number of benzene rings is 1. The lowest BCUT2D eigenvalue weighted by Gasteiger charge is -2.29. The van der Waals surface area contributed by atoms with Gasteiger partial charge >= 0.3 is 0 Å². The summed E-state index contributed by atoms with van der Waals surface area (Å²) in [6, 6.07) is 7.93. The Labute approximate surface area is 188 Å². The quantitative estimate of drug-likeness (QED) is 0.447. The lowest BCUT2D eigenvalue weighted by molar-refractivity contribution is -0.126. The van der Waals surface area contributed by atoms with Gasteiger partial charge in [-0.25, -0.2) is 0 Å². The zero-order chi connectivity index (χ0) is 22.6. The predicted molar refractivity (Wildman–Crippen MR) is 124 cm³/mol. The summed E-state index contributed by atoms with van der Waals surface area (Å²) < 4.78 is 11.0. The van der Waals surface area contributed by atoms with Gasteiger partial charge in [-0.1, -0.05) is 39.8 Å². The van der Waals surface area contributed by atoms with Crippen molar-refractivity contribution < 1.29 is 19.1 Å². The molecule has 1 aromatic carbocycles. The first-order chi connectivity index (χ1) is 14.9. The fourth-order valence-electron chi connectivity index (χ4n) is 4.07. The number of Topliss-reactive ketones (excluding diaryl/α,β-unsaturated/α-hetero) is 1. The summed E-state index contributed by atoms with van der Waals surface area (Å²) in [7, 11) is 0. The van der Waals surface area contributed by atoms with Crippen LogP contribution in [-0.2, 0) is 14.3 Å². The van der Waals surface area contributed by atoms with E-state index in [0.717, 1.165) is 38.7 Å². The van der Waals surface area contributed by atoms with Crippen molar-refractivity contribution in [2.45, 2.75) is 65.7 Å². The van der Waals surface area contributed by atoms with Gasteiger partial charge in [0.15, 0.2) is 0 Å². The van der Waals surface area contributed by atoms with Crippen LogP contribution in [0, 0.1) is 17.8 Å². The molecule has 2 rings (SSSR count). The minimum atomic E-state index is -0.0745. The summed E-state index contributed by atoms with van der Waals surface area (Å²) in [6.07, 6.45) is 5.12. The fourth-order valence-corrected chi connectivity index (χ4v) is 4.07. The molecule has 5 heteroatoms. The lowest BCUT2D eigenvalue weighted by atomic mass is 9.75. The van der Waals surface area contributed by atoms with Crippen LogP contribution in [0.25, 0.3) is 0 Å². The summed E-state index contributed by atoms with van der Waals surface area (Å²) in [4.78, 5) is 24.5. The van der Waals surface area contributed by atoms with Gasteiger partial charge in [0.1, 0.15) is 5.78 Å². The van der Waals surface area contributed by atoms with E-state index >= 15 is 0 Å². The third kappa shape index (κ3) is 9.12. The Balaban J connectivity index is 1.63. The lowest BCUT2D eigenvalue weighted by Crippen LogP contribution is -2.27. The van der Waals surface area contributed by atoms with Gasteiger partial charge in [-0.15, -0.1) is 0 Å². The largest absolute Gasteiger partial charge is 0.379 e. The van der Waals surface area contributed by atoms with Crippen LogP contribution in [0.1, 0.15) is 81.6 Å². The van der Waals surface area contributed by atoms with Crippen LogP contribution in [0.5, 0.6) is 0 Å². The Morgan fingerprint density at radius 2 is 1.52 bits per heavy atom. The first-order valence-electron chi connectivity index (χ1n) is 12.0. The van der Waals surface area contributed by atoms with Gasteiger partial charge in [0.05, 0.1) is 19.8 Å². The van der Waals surface area contributed by atoms with Crippen LogP contribution in [0.4, 0.5) is 0 Å². The molecule has 0 spiro atoms. The van der Waals surface area contributed by atoms with Crippen molar-refractivity contribution in [1.82, 2.24) is 5.32 Å². The minimum Gasteiger partial charge on any atom is -0.379 e. The molecule has 1 aliphatic rings. The normalized spacial score (nSPS) is 19.0. The van der Waals surface area contributed by atoms with Crippen molar-refractivity contribution in [2.75, 3.05) is 33.0 Å². The van der Waals surface area contributed by atoms with Crippen molar-refractivity contribution in [3.8, 4) is 0 Å². The summed E-state index contributed by atoms with van der Waals surface area (Å²) in [5.41, 5.74) is 1.94. The van der Waals surface area contributed by atoms with Gasteiger partial charge in [-0.3, -0.25) is 9.59 Å². The van der Waals surface area contributed by atoms with E-state index < -0.39 is 0 Å². The molecule has 0 atom stereocenters. The molecule has 1 aliphatic carbocycles. The summed E-state index contributed by atoms with van der Waals surface area (Å²) >= 11 is 0. The van der Waals surface area contributed by atoms with E-state index in [2.05, 4.69) is 31.3 Å². The second-order valence-corrected chi connectivity index (χ2v) is 9.39. The molecular weight excluding hydrogens is 390 g/mol. The molecule has 0 aliphatic heterocycles. The molecule has 1 fully saturated rings. The van der Waals surface area contributed by atoms with Gasteiger partial charge in [0.2, 0.25) is 0 Å². The Morgan fingerprint density at radius 3 is 2.10 bits per heavy atom. The highest BCUT2D eigenvalue weighted by atomic mass is 16.5. The third-order valence-electron chi connectivity index (χ3n) is 6.09. The van der Waals surface area contributed by atoms with Crippen LogP contribution >= 0.6 is 0 Å². The second kappa shape index (κ2) is 13.6. The fraction of sp³-hybridized carbons (Fsp3) is 0.692. The molecular formula is C26H41NO4. The second-order valence-electron chi connectivity index (χ2n) is 9.39. The molecule has 0 bridgehead atoms. The monoisotopic (exact) mass is 431 g/mol. The first kappa shape index (κ1) is 25.5. The number of carbonyl (C=O) groups excluding carboxylic acids is 2. The van der Waals surface area contributed by atoms with Gasteiger partial charge in [-0.2, -0.15) is 0 Å². The number of rotatable bonds is 13. The SMILES string of the molecule is CC(C)CCOCCOCCNC(=O)c1ccc(C2CCC(C(=O)C(C)C)CC2)cc1. The number of carbonyl (C=O) groups is 2. The number of nitrogens with one attached hydrogen (secondary N) is 1. The number of ether oxygens (including phenoxy) is 2. The van der Waals surface area contributed by atoms with E-state index in [4.69, 9.17) is 9.47 Å². The van der Waals surface area contributed by atoms with E-state index in [9.17, 15) is 9.59 Å². The number of hydrogen-bond donors (Lipinski definition) is 1. The molecule has 31 heavy (non-hydrogen) atoms. The first-order valence-corrected chi connectivity index (χ1v) is 12.0. The molecule has 0 unspecified atom stereocenters. The summed E-state index contributed by atoms with van der Waals surface area (Å²) in [5.74, 6) is 1.84. The Kier molecular flexibility index (Phi) is 11.2. The molecule has 174 valence electrons.